The molecule has 0 saturated carbocycles. The molecule has 3 heteroatoms. The third-order valence-corrected chi connectivity index (χ3v) is 11.4. The van der Waals surface area contributed by atoms with Crippen molar-refractivity contribution in [2.75, 3.05) is 0 Å². The van der Waals surface area contributed by atoms with E-state index in [4.69, 9.17) is 9.97 Å². The fraction of sp³-hybridized carbons (Fsp3) is 0. The van der Waals surface area contributed by atoms with Crippen molar-refractivity contribution in [3.8, 4) is 78.4 Å². The molecule has 8 aromatic carbocycles. The van der Waals surface area contributed by atoms with Gasteiger partial charge in [-0.2, -0.15) is 0 Å². The van der Waals surface area contributed by atoms with Crippen LogP contribution in [-0.2, 0) is 0 Å². The summed E-state index contributed by atoms with van der Waals surface area (Å²) >= 11 is 1.85. The van der Waals surface area contributed by atoms with Crippen LogP contribution in [0.15, 0.2) is 206 Å². The lowest BCUT2D eigenvalue weighted by atomic mass is 9.92. The first kappa shape index (κ1) is 32.7. The maximum absolute atomic E-state index is 5.29. The molecule has 55 heavy (non-hydrogen) atoms. The topological polar surface area (TPSA) is 25.8 Å². The number of fused-ring (bicyclic) bond motifs is 3. The summed E-state index contributed by atoms with van der Waals surface area (Å²) in [5.41, 5.74) is 14.2. The molecule has 0 radical (unpaired) electrons. The maximum Gasteiger partial charge on any atom is 0.160 e. The van der Waals surface area contributed by atoms with Crippen molar-refractivity contribution in [1.29, 1.82) is 0 Å². The molecule has 0 aliphatic carbocycles. The molecule has 0 aliphatic heterocycles. The average molecular weight is 719 g/mol. The van der Waals surface area contributed by atoms with Crippen LogP contribution in [0.5, 0.6) is 0 Å². The fourth-order valence-corrected chi connectivity index (χ4v) is 8.70. The molecule has 2 aromatic heterocycles. The highest BCUT2D eigenvalue weighted by atomic mass is 32.1. The van der Waals surface area contributed by atoms with Crippen molar-refractivity contribution in [3.63, 3.8) is 0 Å². The van der Waals surface area contributed by atoms with Crippen LogP contribution in [0.4, 0.5) is 0 Å². The molecule has 0 N–H and O–H groups in total. The Kier molecular flexibility index (Phi) is 8.40. The van der Waals surface area contributed by atoms with E-state index in [1.54, 1.807) is 0 Å². The Labute approximate surface area is 324 Å². The lowest BCUT2D eigenvalue weighted by Crippen LogP contribution is -1.97. The Morgan fingerprint density at radius 3 is 1.45 bits per heavy atom. The first-order valence-electron chi connectivity index (χ1n) is 18.6. The van der Waals surface area contributed by atoms with E-state index in [1.807, 2.05) is 29.5 Å². The second-order valence-corrected chi connectivity index (χ2v) is 14.9. The average Bonchev–Trinajstić information content (AvgIpc) is 3.66. The monoisotopic (exact) mass is 718 g/mol. The van der Waals surface area contributed by atoms with Gasteiger partial charge in [-0.15, -0.1) is 11.3 Å². The van der Waals surface area contributed by atoms with Gasteiger partial charge < -0.3 is 0 Å². The first-order valence-corrected chi connectivity index (χ1v) is 19.4. The predicted octanol–water partition coefficient (Wildman–Crippen LogP) is 14.5. The molecule has 2 nitrogen and oxygen atoms in total. The number of aromatic nitrogens is 2. The standard InChI is InChI=1S/C52H34N2S/c1-4-15-35(16-5-1)38-21-12-22-39(29-38)40-23-13-24-41(30-40)47-34-48(54-52(53-47)37-19-8-3-9-20-37)44-32-42(36-17-6-2-7-18-36)31-43(33-44)45-26-14-28-50-51(45)46-25-10-11-27-49(46)55-50/h1-34H. The van der Waals surface area contributed by atoms with Crippen molar-refractivity contribution in [3.05, 3.63) is 206 Å². The second kappa shape index (κ2) is 14.1. The van der Waals surface area contributed by atoms with Crippen LogP contribution in [-0.4, -0.2) is 9.97 Å². The molecule has 0 aliphatic rings. The van der Waals surface area contributed by atoms with Crippen LogP contribution in [0.3, 0.4) is 0 Å². The van der Waals surface area contributed by atoms with E-state index in [9.17, 15) is 0 Å². The van der Waals surface area contributed by atoms with Gasteiger partial charge in [-0.3, -0.25) is 0 Å². The fourth-order valence-electron chi connectivity index (χ4n) is 7.57. The first-order chi connectivity index (χ1) is 27.2. The minimum atomic E-state index is 0.696. The Hall–Kier alpha value is -6.94. The summed E-state index contributed by atoms with van der Waals surface area (Å²) in [5.74, 6) is 0.696. The van der Waals surface area contributed by atoms with Gasteiger partial charge in [0.2, 0.25) is 0 Å². The summed E-state index contributed by atoms with van der Waals surface area (Å²) in [6.07, 6.45) is 0. The quantitative estimate of drug-likeness (QED) is 0.164. The van der Waals surface area contributed by atoms with E-state index in [1.165, 1.54) is 36.9 Å². The Morgan fingerprint density at radius 1 is 0.291 bits per heavy atom. The van der Waals surface area contributed by atoms with E-state index in [0.29, 0.717) is 5.82 Å². The minimum Gasteiger partial charge on any atom is -0.228 e. The molecule has 0 saturated heterocycles. The third-order valence-electron chi connectivity index (χ3n) is 10.3. The van der Waals surface area contributed by atoms with Crippen LogP contribution in [0, 0.1) is 0 Å². The molecule has 10 rings (SSSR count). The molecule has 0 spiro atoms. The van der Waals surface area contributed by atoms with Crippen molar-refractivity contribution >= 4 is 31.5 Å². The van der Waals surface area contributed by atoms with Crippen molar-refractivity contribution in [2.45, 2.75) is 0 Å². The van der Waals surface area contributed by atoms with E-state index in [2.05, 4.69) is 188 Å². The zero-order valence-corrected chi connectivity index (χ0v) is 30.7. The van der Waals surface area contributed by atoms with Gasteiger partial charge >= 0.3 is 0 Å². The van der Waals surface area contributed by atoms with Crippen LogP contribution < -0.4 is 0 Å². The second-order valence-electron chi connectivity index (χ2n) is 13.8. The van der Waals surface area contributed by atoms with Crippen LogP contribution >= 0.6 is 11.3 Å². The number of rotatable bonds is 7. The number of nitrogens with zero attached hydrogens (tertiary/aromatic N) is 2. The van der Waals surface area contributed by atoms with Crippen molar-refractivity contribution < 1.29 is 0 Å². The molecule has 0 bridgehead atoms. The van der Waals surface area contributed by atoms with E-state index in [0.717, 1.165) is 55.9 Å². The van der Waals surface area contributed by atoms with Gasteiger partial charge in [0.15, 0.2) is 5.82 Å². The Morgan fingerprint density at radius 2 is 0.745 bits per heavy atom. The van der Waals surface area contributed by atoms with Crippen LogP contribution in [0.1, 0.15) is 0 Å². The zero-order valence-electron chi connectivity index (χ0n) is 29.9. The summed E-state index contributed by atoms with van der Waals surface area (Å²) < 4.78 is 2.58. The highest BCUT2D eigenvalue weighted by Crippen LogP contribution is 2.42. The summed E-state index contributed by atoms with van der Waals surface area (Å²) in [6.45, 7) is 0. The van der Waals surface area contributed by atoms with Gasteiger partial charge in [0.05, 0.1) is 11.4 Å². The summed E-state index contributed by atoms with van der Waals surface area (Å²) in [4.78, 5) is 10.5. The minimum absolute atomic E-state index is 0.696. The van der Waals surface area contributed by atoms with E-state index < -0.39 is 0 Å². The lowest BCUT2D eigenvalue weighted by Gasteiger charge is -2.14. The molecular formula is C52H34N2S. The molecule has 0 unspecified atom stereocenters. The Balaban J connectivity index is 1.16. The van der Waals surface area contributed by atoms with Gasteiger partial charge in [0.1, 0.15) is 0 Å². The highest BCUT2D eigenvalue weighted by Gasteiger charge is 2.16. The predicted molar refractivity (Wildman–Crippen MR) is 233 cm³/mol. The SMILES string of the molecule is c1ccc(-c2cccc(-c3cccc(-c4cc(-c5cc(-c6ccccc6)cc(-c6cccc7sc8ccccc8c67)c5)nc(-c5ccccc5)n4)c3)c2)cc1. The number of benzene rings is 8. The van der Waals surface area contributed by atoms with Crippen LogP contribution in [0.2, 0.25) is 0 Å². The largest absolute Gasteiger partial charge is 0.228 e. The molecule has 258 valence electrons. The molecule has 0 atom stereocenters. The number of hydrogen-bond acceptors (Lipinski definition) is 3. The summed E-state index contributed by atoms with van der Waals surface area (Å²) in [5, 5.41) is 2.58. The van der Waals surface area contributed by atoms with Gasteiger partial charge in [0, 0.05) is 36.9 Å². The third kappa shape index (κ3) is 6.41. The smallest absolute Gasteiger partial charge is 0.160 e. The van der Waals surface area contributed by atoms with Gasteiger partial charge in [-0.1, -0.05) is 158 Å². The molecule has 0 amide bonds. The van der Waals surface area contributed by atoms with Gasteiger partial charge in [0.25, 0.3) is 0 Å². The summed E-state index contributed by atoms with van der Waals surface area (Å²) in [6, 6.07) is 73.4. The number of hydrogen-bond donors (Lipinski definition) is 0. The molecular weight excluding hydrogens is 685 g/mol. The normalized spacial score (nSPS) is 11.3. The van der Waals surface area contributed by atoms with Crippen molar-refractivity contribution in [1.82, 2.24) is 9.97 Å². The lowest BCUT2D eigenvalue weighted by molar-refractivity contribution is 1.18. The van der Waals surface area contributed by atoms with Crippen LogP contribution in [0.25, 0.3) is 98.6 Å². The summed E-state index contributed by atoms with van der Waals surface area (Å²) in [7, 11) is 0. The molecule has 2 heterocycles. The highest BCUT2D eigenvalue weighted by molar-refractivity contribution is 7.25. The molecule has 10 aromatic rings. The Bertz CT molecular complexity index is 2970. The van der Waals surface area contributed by atoms with Gasteiger partial charge in [-0.05, 0) is 93.0 Å². The van der Waals surface area contributed by atoms with E-state index in [-0.39, 0.29) is 0 Å². The zero-order chi connectivity index (χ0) is 36.6. The molecule has 0 fully saturated rings. The van der Waals surface area contributed by atoms with Crippen molar-refractivity contribution in [2.24, 2.45) is 0 Å². The van der Waals surface area contributed by atoms with Gasteiger partial charge in [-0.25, -0.2) is 9.97 Å². The maximum atomic E-state index is 5.29. The van der Waals surface area contributed by atoms with E-state index >= 15 is 0 Å². The number of thiophene rings is 1.